The lowest BCUT2D eigenvalue weighted by Crippen LogP contribution is -2.33. The van der Waals surface area contributed by atoms with Gasteiger partial charge in [-0.3, -0.25) is 14.3 Å². The van der Waals surface area contributed by atoms with Gasteiger partial charge in [0.15, 0.2) is 0 Å². The number of aromatic nitrogens is 2. The van der Waals surface area contributed by atoms with E-state index in [1.807, 2.05) is 56.6 Å². The van der Waals surface area contributed by atoms with Crippen molar-refractivity contribution >= 4 is 17.5 Å². The van der Waals surface area contributed by atoms with Crippen LogP contribution in [0.1, 0.15) is 69.2 Å². The summed E-state index contributed by atoms with van der Waals surface area (Å²) in [5.41, 5.74) is 2.93. The number of benzene rings is 1. The Kier molecular flexibility index (Phi) is 6.41. The minimum absolute atomic E-state index is 0.101. The van der Waals surface area contributed by atoms with Crippen LogP contribution in [0.5, 0.6) is 0 Å². The standard InChI is InChI=1S/C21H30N4O2/c1-7-15-10-8-9-11-16(15)23-19(26)13-22-20(27)17-12-18(14(2)3)25(24-17)21(4,5)6/h8-12,14H,7,13H2,1-6H3,(H,22,27)(H,23,26). The third-order valence-corrected chi connectivity index (χ3v) is 4.28. The Morgan fingerprint density at radius 3 is 2.41 bits per heavy atom. The molecule has 0 saturated heterocycles. The quantitative estimate of drug-likeness (QED) is 0.814. The first-order valence-corrected chi connectivity index (χ1v) is 9.39. The number of para-hydroxylation sites is 1. The molecule has 1 aromatic heterocycles. The number of carbonyl (C=O) groups excluding carboxylic acids is 2. The normalized spacial score (nSPS) is 11.5. The van der Waals surface area contributed by atoms with Gasteiger partial charge in [-0.2, -0.15) is 5.10 Å². The van der Waals surface area contributed by atoms with Crippen LogP contribution >= 0.6 is 0 Å². The number of rotatable bonds is 6. The third kappa shape index (κ3) is 5.18. The van der Waals surface area contributed by atoms with E-state index in [4.69, 9.17) is 0 Å². The van der Waals surface area contributed by atoms with Gasteiger partial charge in [0.25, 0.3) is 5.91 Å². The molecule has 0 atom stereocenters. The highest BCUT2D eigenvalue weighted by Gasteiger charge is 2.23. The van der Waals surface area contributed by atoms with E-state index in [1.165, 1.54) is 0 Å². The molecule has 2 N–H and O–H groups in total. The SMILES string of the molecule is CCc1ccccc1NC(=O)CNC(=O)c1cc(C(C)C)n(C(C)(C)C)n1. The average molecular weight is 370 g/mol. The molecule has 6 heteroatoms. The number of amides is 2. The van der Waals surface area contributed by atoms with E-state index in [0.29, 0.717) is 5.69 Å². The molecule has 0 aliphatic rings. The van der Waals surface area contributed by atoms with Crippen molar-refractivity contribution in [3.05, 3.63) is 47.3 Å². The maximum atomic E-state index is 12.5. The van der Waals surface area contributed by atoms with Crippen molar-refractivity contribution in [2.24, 2.45) is 0 Å². The Labute approximate surface area is 161 Å². The highest BCUT2D eigenvalue weighted by molar-refractivity contribution is 5.98. The van der Waals surface area contributed by atoms with Crippen molar-refractivity contribution in [2.75, 3.05) is 11.9 Å². The van der Waals surface area contributed by atoms with E-state index in [1.54, 1.807) is 6.07 Å². The zero-order chi connectivity index (χ0) is 20.2. The maximum absolute atomic E-state index is 12.5. The van der Waals surface area contributed by atoms with Crippen molar-refractivity contribution in [3.63, 3.8) is 0 Å². The topological polar surface area (TPSA) is 76.0 Å². The van der Waals surface area contributed by atoms with Crippen molar-refractivity contribution in [3.8, 4) is 0 Å². The van der Waals surface area contributed by atoms with Crippen LogP contribution < -0.4 is 10.6 Å². The Bertz CT molecular complexity index is 816. The molecule has 0 bridgehead atoms. The highest BCUT2D eigenvalue weighted by atomic mass is 16.2. The van der Waals surface area contributed by atoms with Gasteiger partial charge in [0.2, 0.25) is 5.91 Å². The van der Waals surface area contributed by atoms with Crippen molar-refractivity contribution < 1.29 is 9.59 Å². The van der Waals surface area contributed by atoms with E-state index in [2.05, 4.69) is 29.6 Å². The molecule has 0 fully saturated rings. The van der Waals surface area contributed by atoms with Crippen LogP contribution in [0.15, 0.2) is 30.3 Å². The molecule has 0 spiro atoms. The maximum Gasteiger partial charge on any atom is 0.272 e. The fourth-order valence-corrected chi connectivity index (χ4v) is 2.85. The summed E-state index contributed by atoms with van der Waals surface area (Å²) in [5.74, 6) is -0.366. The lowest BCUT2D eigenvalue weighted by molar-refractivity contribution is -0.115. The zero-order valence-corrected chi connectivity index (χ0v) is 17.1. The van der Waals surface area contributed by atoms with Gasteiger partial charge < -0.3 is 10.6 Å². The molecule has 27 heavy (non-hydrogen) atoms. The van der Waals surface area contributed by atoms with Gasteiger partial charge in [0.05, 0.1) is 12.1 Å². The second-order valence-electron chi connectivity index (χ2n) is 7.93. The lowest BCUT2D eigenvalue weighted by atomic mass is 10.1. The third-order valence-electron chi connectivity index (χ3n) is 4.28. The van der Waals surface area contributed by atoms with E-state index in [9.17, 15) is 9.59 Å². The zero-order valence-electron chi connectivity index (χ0n) is 17.1. The summed E-state index contributed by atoms with van der Waals surface area (Å²) in [7, 11) is 0. The Morgan fingerprint density at radius 1 is 1.19 bits per heavy atom. The van der Waals surface area contributed by atoms with Gasteiger partial charge in [-0.05, 0) is 50.8 Å². The number of aryl methyl sites for hydroxylation is 1. The molecule has 0 aliphatic heterocycles. The van der Waals surface area contributed by atoms with Gasteiger partial charge in [0.1, 0.15) is 5.69 Å². The molecule has 1 heterocycles. The van der Waals surface area contributed by atoms with Crippen LogP contribution in [0.4, 0.5) is 5.69 Å². The first kappa shape index (κ1) is 20.7. The molecule has 6 nitrogen and oxygen atoms in total. The van der Waals surface area contributed by atoms with Crippen LogP contribution in [-0.4, -0.2) is 28.1 Å². The molecule has 2 rings (SSSR count). The van der Waals surface area contributed by atoms with E-state index >= 15 is 0 Å². The minimum Gasteiger partial charge on any atom is -0.342 e. The Morgan fingerprint density at radius 2 is 1.85 bits per heavy atom. The van der Waals surface area contributed by atoms with E-state index in [-0.39, 0.29) is 29.8 Å². The Hall–Kier alpha value is -2.63. The first-order chi connectivity index (χ1) is 12.6. The van der Waals surface area contributed by atoms with Gasteiger partial charge in [-0.15, -0.1) is 0 Å². The second-order valence-corrected chi connectivity index (χ2v) is 7.93. The summed E-state index contributed by atoms with van der Waals surface area (Å²) >= 11 is 0. The van der Waals surface area contributed by atoms with E-state index in [0.717, 1.165) is 23.4 Å². The highest BCUT2D eigenvalue weighted by Crippen LogP contribution is 2.23. The van der Waals surface area contributed by atoms with Gasteiger partial charge in [-0.25, -0.2) is 0 Å². The largest absolute Gasteiger partial charge is 0.342 e. The summed E-state index contributed by atoms with van der Waals surface area (Å²) < 4.78 is 1.88. The summed E-state index contributed by atoms with van der Waals surface area (Å²) in [4.78, 5) is 24.7. The number of nitrogens with zero attached hydrogens (tertiary/aromatic N) is 2. The van der Waals surface area contributed by atoms with Gasteiger partial charge >= 0.3 is 0 Å². The minimum atomic E-state index is -0.348. The molecular weight excluding hydrogens is 340 g/mol. The predicted octanol–water partition coefficient (Wildman–Crippen LogP) is 3.69. The molecular formula is C21H30N4O2. The van der Waals surface area contributed by atoms with Crippen molar-refractivity contribution in [2.45, 2.75) is 59.4 Å². The van der Waals surface area contributed by atoms with Crippen LogP contribution in [0.3, 0.4) is 0 Å². The van der Waals surface area contributed by atoms with E-state index < -0.39 is 0 Å². The molecule has 0 aliphatic carbocycles. The summed E-state index contributed by atoms with van der Waals surface area (Å²) in [6.45, 7) is 12.2. The van der Waals surface area contributed by atoms with Gasteiger partial charge in [-0.1, -0.05) is 39.0 Å². The fourth-order valence-electron chi connectivity index (χ4n) is 2.85. The molecule has 0 radical (unpaired) electrons. The number of hydrogen-bond donors (Lipinski definition) is 2. The van der Waals surface area contributed by atoms with Crippen molar-refractivity contribution in [1.82, 2.24) is 15.1 Å². The molecule has 1 aromatic carbocycles. The predicted molar refractivity (Wildman–Crippen MR) is 108 cm³/mol. The van der Waals surface area contributed by atoms with Gasteiger partial charge in [0, 0.05) is 11.4 Å². The second kappa shape index (κ2) is 8.37. The fraction of sp³-hybridized carbons (Fsp3) is 0.476. The van der Waals surface area contributed by atoms with Crippen LogP contribution in [0, 0.1) is 0 Å². The van der Waals surface area contributed by atoms with Crippen LogP contribution in [0.2, 0.25) is 0 Å². The molecule has 0 unspecified atom stereocenters. The lowest BCUT2D eigenvalue weighted by Gasteiger charge is -2.23. The number of carbonyl (C=O) groups is 2. The number of hydrogen-bond acceptors (Lipinski definition) is 3. The first-order valence-electron chi connectivity index (χ1n) is 9.39. The Balaban J connectivity index is 2.04. The summed E-state index contributed by atoms with van der Waals surface area (Å²) in [6.07, 6.45) is 0.824. The van der Waals surface area contributed by atoms with Crippen molar-refractivity contribution in [1.29, 1.82) is 0 Å². The van der Waals surface area contributed by atoms with Crippen LogP contribution in [0.25, 0.3) is 0 Å². The van der Waals surface area contributed by atoms with Crippen LogP contribution in [-0.2, 0) is 16.8 Å². The molecule has 0 saturated carbocycles. The smallest absolute Gasteiger partial charge is 0.272 e. The summed E-state index contributed by atoms with van der Waals surface area (Å²) in [5, 5.41) is 9.97. The summed E-state index contributed by atoms with van der Waals surface area (Å²) in [6, 6.07) is 9.45. The molecule has 2 aromatic rings. The molecule has 2 amide bonds. The number of anilines is 1. The monoisotopic (exact) mass is 370 g/mol. The average Bonchev–Trinajstić information content (AvgIpc) is 3.06. The molecule has 146 valence electrons. The number of nitrogens with one attached hydrogen (secondary N) is 2.